The van der Waals surface area contributed by atoms with Gasteiger partial charge in [0.05, 0.1) is 5.92 Å². The lowest BCUT2D eigenvalue weighted by molar-refractivity contribution is -0.141. The van der Waals surface area contributed by atoms with Crippen LogP contribution < -0.4 is 4.90 Å². The molecule has 8 heteroatoms. The van der Waals surface area contributed by atoms with E-state index in [2.05, 4.69) is 10.1 Å². The highest BCUT2D eigenvalue weighted by atomic mass is 35.5. The number of fused-ring (bicyclic) bond motifs is 1. The molecule has 1 saturated heterocycles. The lowest BCUT2D eigenvalue weighted by atomic mass is 9.97. The number of hydrogen-bond acceptors (Lipinski definition) is 4. The molecule has 1 aromatic carbocycles. The van der Waals surface area contributed by atoms with Crippen molar-refractivity contribution in [2.24, 2.45) is 5.92 Å². The van der Waals surface area contributed by atoms with Crippen LogP contribution in [0.15, 0.2) is 24.3 Å². The van der Waals surface area contributed by atoms with E-state index in [1.54, 1.807) is 24.3 Å². The second-order valence-electron chi connectivity index (χ2n) is 7.38. The van der Waals surface area contributed by atoms with Crippen LogP contribution in [0.25, 0.3) is 16.9 Å². The molecule has 6 nitrogen and oxygen atoms in total. The molecule has 0 amide bonds. The van der Waals surface area contributed by atoms with Crippen LogP contribution in [0.5, 0.6) is 0 Å². The van der Waals surface area contributed by atoms with Gasteiger partial charge in [-0.25, -0.2) is 9.37 Å². The number of piperidine rings is 1. The predicted octanol–water partition coefficient (Wildman–Crippen LogP) is 4.36. The standard InChI is InChI=1S/C21H22ClFN4O2/c1-3-16-12(2)24-19-17(23)18(13-6-8-15(22)9-7-13)25-27(19)20(16)26-10-4-5-14(11-26)21(28)29/h6-9,14H,3-5,10-11H2,1-2H3,(H,28,29). The van der Waals surface area contributed by atoms with Gasteiger partial charge in [0.2, 0.25) is 0 Å². The van der Waals surface area contributed by atoms with E-state index < -0.39 is 17.7 Å². The van der Waals surface area contributed by atoms with Gasteiger partial charge in [-0.15, -0.1) is 0 Å². The van der Waals surface area contributed by atoms with Crippen LogP contribution in [-0.4, -0.2) is 38.8 Å². The lowest BCUT2D eigenvalue weighted by Gasteiger charge is -2.34. The summed E-state index contributed by atoms with van der Waals surface area (Å²) in [5, 5.41) is 14.6. The highest BCUT2D eigenvalue weighted by molar-refractivity contribution is 6.30. The third-order valence-electron chi connectivity index (χ3n) is 5.53. The summed E-state index contributed by atoms with van der Waals surface area (Å²) in [6.45, 7) is 4.94. The van der Waals surface area contributed by atoms with Gasteiger partial charge in [-0.1, -0.05) is 30.7 Å². The summed E-state index contributed by atoms with van der Waals surface area (Å²) in [4.78, 5) is 18.0. The molecular formula is C21H22ClFN4O2. The number of hydrogen-bond donors (Lipinski definition) is 1. The molecule has 1 aliphatic rings. The van der Waals surface area contributed by atoms with Crippen LogP contribution in [0.4, 0.5) is 10.2 Å². The Balaban J connectivity index is 1.91. The largest absolute Gasteiger partial charge is 0.481 e. The van der Waals surface area contributed by atoms with E-state index >= 15 is 4.39 Å². The Labute approximate surface area is 172 Å². The number of aryl methyl sites for hydroxylation is 1. The first kappa shape index (κ1) is 19.6. The fraction of sp³-hybridized carbons (Fsp3) is 0.381. The fourth-order valence-corrected chi connectivity index (χ4v) is 4.18. The molecule has 0 saturated carbocycles. The summed E-state index contributed by atoms with van der Waals surface area (Å²) in [6.07, 6.45) is 2.09. The second-order valence-corrected chi connectivity index (χ2v) is 7.82. The number of aromatic nitrogens is 3. The fourth-order valence-electron chi connectivity index (χ4n) is 4.05. The molecule has 1 atom stereocenters. The van der Waals surface area contributed by atoms with E-state index in [1.165, 1.54) is 4.52 Å². The van der Waals surface area contributed by atoms with E-state index in [0.29, 0.717) is 36.5 Å². The van der Waals surface area contributed by atoms with Crippen molar-refractivity contribution in [2.45, 2.75) is 33.1 Å². The number of carbonyl (C=O) groups is 1. The molecule has 3 aromatic rings. The van der Waals surface area contributed by atoms with E-state index in [-0.39, 0.29) is 11.3 Å². The van der Waals surface area contributed by atoms with Crippen LogP contribution in [0.1, 0.15) is 31.0 Å². The summed E-state index contributed by atoms with van der Waals surface area (Å²) in [6, 6.07) is 6.84. The molecule has 0 spiro atoms. The molecule has 1 unspecified atom stereocenters. The summed E-state index contributed by atoms with van der Waals surface area (Å²) in [5.41, 5.74) is 2.65. The summed E-state index contributed by atoms with van der Waals surface area (Å²) in [5.74, 6) is -1.01. The molecule has 1 N–H and O–H groups in total. The van der Waals surface area contributed by atoms with Gasteiger partial charge < -0.3 is 10.0 Å². The third-order valence-corrected chi connectivity index (χ3v) is 5.78. The number of rotatable bonds is 4. The number of halogens is 2. The first-order valence-electron chi connectivity index (χ1n) is 9.72. The Bertz CT molecular complexity index is 1080. The Morgan fingerprint density at radius 3 is 2.72 bits per heavy atom. The molecule has 0 aliphatic carbocycles. The Morgan fingerprint density at radius 1 is 1.34 bits per heavy atom. The molecule has 152 valence electrons. The van der Waals surface area contributed by atoms with Crippen molar-refractivity contribution in [3.63, 3.8) is 0 Å². The van der Waals surface area contributed by atoms with Gasteiger partial charge in [-0.05, 0) is 38.3 Å². The molecule has 1 fully saturated rings. The first-order valence-corrected chi connectivity index (χ1v) is 10.1. The van der Waals surface area contributed by atoms with Crippen molar-refractivity contribution in [3.05, 3.63) is 46.4 Å². The van der Waals surface area contributed by atoms with Crippen molar-refractivity contribution >= 4 is 29.0 Å². The number of benzene rings is 1. The van der Waals surface area contributed by atoms with Gasteiger partial charge in [-0.2, -0.15) is 9.61 Å². The summed E-state index contributed by atoms with van der Waals surface area (Å²) in [7, 11) is 0. The minimum Gasteiger partial charge on any atom is -0.481 e. The van der Waals surface area contributed by atoms with Gasteiger partial charge in [0, 0.05) is 34.9 Å². The van der Waals surface area contributed by atoms with E-state index in [0.717, 1.165) is 23.5 Å². The number of nitrogens with zero attached hydrogens (tertiary/aromatic N) is 4. The zero-order valence-electron chi connectivity index (χ0n) is 16.3. The van der Waals surface area contributed by atoms with Crippen LogP contribution in [0.2, 0.25) is 5.02 Å². The average molecular weight is 417 g/mol. The van der Waals surface area contributed by atoms with Gasteiger partial charge in [0.25, 0.3) is 0 Å². The van der Waals surface area contributed by atoms with E-state index in [9.17, 15) is 9.90 Å². The normalized spacial score (nSPS) is 17.1. The van der Waals surface area contributed by atoms with E-state index in [1.807, 2.05) is 18.7 Å². The van der Waals surface area contributed by atoms with Crippen molar-refractivity contribution in [1.29, 1.82) is 0 Å². The maximum Gasteiger partial charge on any atom is 0.308 e. The Morgan fingerprint density at radius 2 is 2.07 bits per heavy atom. The highest BCUT2D eigenvalue weighted by Crippen LogP contribution is 2.33. The third kappa shape index (κ3) is 3.44. The Kier molecular flexibility index (Phi) is 5.17. The minimum atomic E-state index is -0.803. The van der Waals surface area contributed by atoms with Gasteiger partial charge in [0.15, 0.2) is 11.5 Å². The van der Waals surface area contributed by atoms with Crippen LogP contribution in [0.3, 0.4) is 0 Å². The maximum absolute atomic E-state index is 15.3. The predicted molar refractivity (Wildman–Crippen MR) is 110 cm³/mol. The van der Waals surface area contributed by atoms with Crippen LogP contribution in [-0.2, 0) is 11.2 Å². The molecule has 2 aromatic heterocycles. The minimum absolute atomic E-state index is 0.150. The van der Waals surface area contributed by atoms with Crippen molar-refractivity contribution in [2.75, 3.05) is 18.0 Å². The molecule has 0 radical (unpaired) electrons. The second kappa shape index (κ2) is 7.63. The molecular weight excluding hydrogens is 395 g/mol. The summed E-state index contributed by atoms with van der Waals surface area (Å²) >= 11 is 5.96. The molecule has 29 heavy (non-hydrogen) atoms. The molecule has 3 heterocycles. The lowest BCUT2D eigenvalue weighted by Crippen LogP contribution is -2.40. The van der Waals surface area contributed by atoms with E-state index in [4.69, 9.17) is 11.6 Å². The van der Waals surface area contributed by atoms with Crippen molar-refractivity contribution in [3.8, 4) is 11.3 Å². The zero-order valence-corrected chi connectivity index (χ0v) is 17.1. The van der Waals surface area contributed by atoms with Crippen LogP contribution >= 0.6 is 11.6 Å². The highest BCUT2D eigenvalue weighted by Gasteiger charge is 2.30. The van der Waals surface area contributed by atoms with Gasteiger partial charge in [0.1, 0.15) is 11.5 Å². The van der Waals surface area contributed by atoms with Gasteiger partial charge in [-0.3, -0.25) is 4.79 Å². The van der Waals surface area contributed by atoms with Crippen molar-refractivity contribution in [1.82, 2.24) is 14.6 Å². The topological polar surface area (TPSA) is 70.7 Å². The number of anilines is 1. The number of carboxylic acid groups (broad SMARTS) is 1. The first-order chi connectivity index (χ1) is 13.9. The van der Waals surface area contributed by atoms with Crippen LogP contribution in [0, 0.1) is 18.7 Å². The maximum atomic E-state index is 15.3. The number of carboxylic acids is 1. The Hall–Kier alpha value is -2.67. The molecule has 1 aliphatic heterocycles. The summed E-state index contributed by atoms with van der Waals surface area (Å²) < 4.78 is 16.8. The monoisotopic (exact) mass is 416 g/mol. The smallest absolute Gasteiger partial charge is 0.308 e. The molecule has 0 bridgehead atoms. The zero-order chi connectivity index (χ0) is 20.7. The molecule has 4 rings (SSSR count). The average Bonchev–Trinajstić information content (AvgIpc) is 3.03. The van der Waals surface area contributed by atoms with Gasteiger partial charge >= 0.3 is 5.97 Å². The quantitative estimate of drug-likeness (QED) is 0.684. The SMILES string of the molecule is CCc1c(C)nc2c(F)c(-c3ccc(Cl)cc3)nn2c1N1CCCC(C(=O)O)C1. The van der Waals surface area contributed by atoms with Crippen molar-refractivity contribution < 1.29 is 14.3 Å². The number of aliphatic carboxylic acids is 1.